The lowest BCUT2D eigenvalue weighted by atomic mass is 9.86. The number of hydrogen-bond donors (Lipinski definition) is 1. The zero-order valence-corrected chi connectivity index (χ0v) is 24.7. The highest BCUT2D eigenvalue weighted by Gasteiger charge is 2.54. The molecule has 1 aliphatic carbocycles. The van der Waals surface area contributed by atoms with Gasteiger partial charge < -0.3 is 38.5 Å². The van der Waals surface area contributed by atoms with Crippen molar-refractivity contribution in [3.05, 3.63) is 47.2 Å². The van der Waals surface area contributed by atoms with Crippen molar-refractivity contribution < 1.29 is 66.7 Å². The molecule has 0 bridgehead atoms. The Morgan fingerprint density at radius 2 is 1.27 bits per heavy atom. The predicted molar refractivity (Wildman–Crippen MR) is 145 cm³/mol. The van der Waals surface area contributed by atoms with Gasteiger partial charge in [0.25, 0.3) is 5.91 Å². The van der Waals surface area contributed by atoms with Crippen LogP contribution in [0.25, 0.3) is 0 Å². The highest BCUT2D eigenvalue weighted by atomic mass is 16.7. The van der Waals surface area contributed by atoms with Crippen LogP contribution in [-0.2, 0) is 52.5 Å². The Morgan fingerprint density at radius 1 is 0.727 bits per heavy atom. The average Bonchev–Trinajstić information content (AvgIpc) is 2.94. The van der Waals surface area contributed by atoms with Gasteiger partial charge in [-0.15, -0.1) is 0 Å². The SMILES string of the molecule is COc1cc(OC)cc(C(=O)NC2=CC(=O)C([C@@H]3O[C@H](COC(C)=O)[C@@H](OC(C)=O)[C@H](OC(C)=O)[C@H]3OC(C)=O)=CC2=O)c1. The molecule has 5 atom stereocenters. The lowest BCUT2D eigenvalue weighted by Gasteiger charge is -2.45. The summed E-state index contributed by atoms with van der Waals surface area (Å²) < 4.78 is 37.4. The number of carbonyl (C=O) groups excluding carboxylic acids is 7. The second kappa shape index (κ2) is 14.4. The molecule has 3 rings (SSSR count). The number of allylic oxidation sites excluding steroid dienone is 2. The molecule has 0 saturated carbocycles. The molecule has 0 unspecified atom stereocenters. The van der Waals surface area contributed by atoms with Gasteiger partial charge in [-0.1, -0.05) is 0 Å². The third-order valence-electron chi connectivity index (χ3n) is 6.27. The Kier molecular flexibility index (Phi) is 11.0. The first-order valence-corrected chi connectivity index (χ1v) is 13.1. The fraction of sp³-hybridized carbons (Fsp3) is 0.414. The maximum Gasteiger partial charge on any atom is 0.303 e. The van der Waals surface area contributed by atoms with Crippen molar-refractivity contribution in [2.24, 2.45) is 0 Å². The highest BCUT2D eigenvalue weighted by molar-refractivity contribution is 6.21. The van der Waals surface area contributed by atoms with Crippen molar-refractivity contribution in [3.63, 3.8) is 0 Å². The van der Waals surface area contributed by atoms with E-state index in [0.717, 1.165) is 39.8 Å². The van der Waals surface area contributed by atoms with Crippen molar-refractivity contribution in [1.29, 1.82) is 0 Å². The summed E-state index contributed by atoms with van der Waals surface area (Å²) >= 11 is 0. The number of carbonyl (C=O) groups is 7. The van der Waals surface area contributed by atoms with Crippen LogP contribution in [0.3, 0.4) is 0 Å². The summed E-state index contributed by atoms with van der Waals surface area (Å²) in [6.45, 7) is 3.74. The molecule has 2 aliphatic rings. The Labute approximate surface area is 251 Å². The van der Waals surface area contributed by atoms with Crippen molar-refractivity contribution in [3.8, 4) is 11.5 Å². The van der Waals surface area contributed by atoms with E-state index in [4.69, 9.17) is 33.2 Å². The number of rotatable bonds is 10. The van der Waals surface area contributed by atoms with E-state index in [1.54, 1.807) is 0 Å². The van der Waals surface area contributed by atoms with Gasteiger partial charge in [0.05, 0.1) is 19.9 Å². The van der Waals surface area contributed by atoms with Crippen LogP contribution in [0.15, 0.2) is 41.6 Å². The molecule has 1 aromatic carbocycles. The molecule has 1 fully saturated rings. The number of esters is 4. The lowest BCUT2D eigenvalue weighted by Crippen LogP contribution is -2.63. The Morgan fingerprint density at radius 3 is 1.80 bits per heavy atom. The van der Waals surface area contributed by atoms with Crippen LogP contribution in [0.2, 0.25) is 0 Å². The molecule has 236 valence electrons. The van der Waals surface area contributed by atoms with Gasteiger partial charge in [-0.25, -0.2) is 0 Å². The van der Waals surface area contributed by atoms with Crippen molar-refractivity contribution in [2.45, 2.75) is 58.2 Å². The molecule has 0 radical (unpaired) electrons. The number of hydrogen-bond acceptors (Lipinski definition) is 14. The minimum atomic E-state index is -1.59. The number of ketones is 2. The van der Waals surface area contributed by atoms with Gasteiger partial charge in [-0.2, -0.15) is 0 Å². The summed E-state index contributed by atoms with van der Waals surface area (Å²) in [5.74, 6) is -5.09. The smallest absolute Gasteiger partial charge is 0.303 e. The fourth-order valence-corrected chi connectivity index (χ4v) is 4.51. The summed E-state index contributed by atoms with van der Waals surface area (Å²) in [7, 11) is 2.78. The van der Waals surface area contributed by atoms with Gasteiger partial charge in [0, 0.05) is 51.0 Å². The maximum atomic E-state index is 13.4. The third-order valence-corrected chi connectivity index (χ3v) is 6.27. The Bertz CT molecular complexity index is 1400. The van der Waals surface area contributed by atoms with E-state index in [9.17, 15) is 33.6 Å². The summed E-state index contributed by atoms with van der Waals surface area (Å²) in [4.78, 5) is 87.1. The second-order valence-corrected chi connectivity index (χ2v) is 9.56. The molecule has 1 aromatic rings. The van der Waals surface area contributed by atoms with E-state index < -0.39 is 78.5 Å². The van der Waals surface area contributed by atoms with Crippen LogP contribution in [0.1, 0.15) is 38.1 Å². The van der Waals surface area contributed by atoms with E-state index in [0.29, 0.717) is 11.5 Å². The topological polar surface area (TPSA) is 196 Å². The molecule has 0 aromatic heterocycles. The van der Waals surface area contributed by atoms with Crippen LogP contribution < -0.4 is 14.8 Å². The van der Waals surface area contributed by atoms with Crippen LogP contribution in [0.4, 0.5) is 0 Å². The van der Waals surface area contributed by atoms with E-state index >= 15 is 0 Å². The standard InChI is InChI=1S/C29H31NO14/c1-13(31)40-12-24-26(41-14(2)32)28(43-16(4)34)27(42-15(3)33)25(44-24)20-10-23(36)21(11-22(20)35)30-29(37)17-7-18(38-5)9-19(8-17)39-6/h7-11,24-28H,12H2,1-6H3,(H,30,37)/t24-,25+,26-,27+,28+/m1/s1. The van der Waals surface area contributed by atoms with Crippen molar-refractivity contribution in [2.75, 3.05) is 20.8 Å². The summed E-state index contributed by atoms with van der Waals surface area (Å²) in [6, 6.07) is 4.33. The van der Waals surface area contributed by atoms with Crippen LogP contribution >= 0.6 is 0 Å². The van der Waals surface area contributed by atoms with Gasteiger partial charge >= 0.3 is 23.9 Å². The number of ether oxygens (including phenoxy) is 7. The summed E-state index contributed by atoms with van der Waals surface area (Å²) in [6.07, 6.45) is -5.77. The van der Waals surface area contributed by atoms with Crippen molar-refractivity contribution in [1.82, 2.24) is 5.32 Å². The van der Waals surface area contributed by atoms with Gasteiger partial charge in [0.1, 0.15) is 30.3 Å². The van der Waals surface area contributed by atoms with Gasteiger partial charge in [0.2, 0.25) is 5.78 Å². The fourth-order valence-electron chi connectivity index (χ4n) is 4.51. The van der Waals surface area contributed by atoms with E-state index in [1.807, 2.05) is 0 Å². The highest BCUT2D eigenvalue weighted by Crippen LogP contribution is 2.34. The second-order valence-electron chi connectivity index (χ2n) is 9.56. The van der Waals surface area contributed by atoms with Gasteiger partial charge in [-0.05, 0) is 18.2 Å². The molecule has 44 heavy (non-hydrogen) atoms. The monoisotopic (exact) mass is 617 g/mol. The molecule has 15 nitrogen and oxygen atoms in total. The molecule has 15 heteroatoms. The minimum absolute atomic E-state index is 0.0664. The van der Waals surface area contributed by atoms with E-state index in [2.05, 4.69) is 5.32 Å². The molecule has 1 aliphatic heterocycles. The number of methoxy groups -OCH3 is 2. The third kappa shape index (κ3) is 8.28. The van der Waals surface area contributed by atoms with Crippen molar-refractivity contribution >= 4 is 41.4 Å². The molecule has 1 saturated heterocycles. The molecular formula is C29H31NO14. The molecule has 1 amide bonds. The minimum Gasteiger partial charge on any atom is -0.497 e. The Hall–Kier alpha value is -5.05. The largest absolute Gasteiger partial charge is 0.497 e. The van der Waals surface area contributed by atoms with Gasteiger partial charge in [-0.3, -0.25) is 33.6 Å². The van der Waals surface area contributed by atoms with Crippen LogP contribution in [0.5, 0.6) is 11.5 Å². The molecule has 1 heterocycles. The number of amides is 1. The predicted octanol–water partition coefficient (Wildman–Crippen LogP) is 0.521. The lowest BCUT2D eigenvalue weighted by molar-refractivity contribution is -0.246. The zero-order chi connectivity index (χ0) is 32.7. The summed E-state index contributed by atoms with van der Waals surface area (Å²) in [5.41, 5.74) is -0.651. The maximum absolute atomic E-state index is 13.4. The normalized spacial score (nSPS) is 22.9. The first kappa shape index (κ1) is 33.5. The van der Waals surface area contributed by atoms with E-state index in [1.165, 1.54) is 32.4 Å². The quantitative estimate of drug-likeness (QED) is 0.217. The Balaban J connectivity index is 1.98. The average molecular weight is 618 g/mol. The first-order chi connectivity index (χ1) is 20.7. The van der Waals surface area contributed by atoms with Crippen LogP contribution in [0, 0.1) is 0 Å². The molecular weight excluding hydrogens is 586 g/mol. The number of nitrogens with one attached hydrogen (secondary N) is 1. The van der Waals surface area contributed by atoms with E-state index in [-0.39, 0.29) is 16.8 Å². The van der Waals surface area contributed by atoms with Gasteiger partial charge in [0.15, 0.2) is 24.1 Å². The number of benzene rings is 1. The zero-order valence-electron chi connectivity index (χ0n) is 24.7. The molecule has 0 spiro atoms. The first-order valence-electron chi connectivity index (χ1n) is 13.1. The summed E-state index contributed by atoms with van der Waals surface area (Å²) in [5, 5.41) is 2.38. The van der Waals surface area contributed by atoms with Crippen LogP contribution in [-0.4, -0.2) is 92.7 Å². The molecule has 1 N–H and O–H groups in total.